The van der Waals surface area contributed by atoms with E-state index in [4.69, 9.17) is 9.47 Å². The van der Waals surface area contributed by atoms with Crippen molar-refractivity contribution in [3.63, 3.8) is 0 Å². The van der Waals surface area contributed by atoms with Crippen LogP contribution >= 0.6 is 0 Å². The van der Waals surface area contributed by atoms with Crippen molar-refractivity contribution in [3.05, 3.63) is 96.7 Å². The summed E-state index contributed by atoms with van der Waals surface area (Å²) in [4.78, 5) is 14.3. The average molecular weight is 564 g/mol. The van der Waals surface area contributed by atoms with Crippen LogP contribution in [0.4, 0.5) is 0 Å². The van der Waals surface area contributed by atoms with Gasteiger partial charge in [-0.15, -0.1) is 0 Å². The average Bonchev–Trinajstić information content (AvgIpc) is 2.88. The van der Waals surface area contributed by atoms with Gasteiger partial charge in [-0.1, -0.05) is 89.0 Å². The molecule has 1 saturated carbocycles. The molecule has 4 atom stereocenters. The second-order valence-corrected chi connectivity index (χ2v) is 13.6. The molecule has 0 bridgehead atoms. The predicted molar refractivity (Wildman–Crippen MR) is 174 cm³/mol. The highest BCUT2D eigenvalue weighted by Gasteiger charge is 2.45. The lowest BCUT2D eigenvalue weighted by atomic mass is 9.67. The molecule has 0 N–H and O–H groups in total. The smallest absolute Gasteiger partial charge is 0.344 e. The molecule has 4 heteroatoms. The summed E-state index contributed by atoms with van der Waals surface area (Å²) < 4.78 is 12.2. The Morgan fingerprint density at radius 3 is 2.27 bits per heavy atom. The van der Waals surface area contributed by atoms with Crippen molar-refractivity contribution in [2.45, 2.75) is 78.2 Å². The van der Waals surface area contributed by atoms with Crippen molar-refractivity contribution in [3.8, 4) is 5.75 Å². The summed E-state index contributed by atoms with van der Waals surface area (Å²) in [6.45, 7) is 22.7. The lowest BCUT2D eigenvalue weighted by Gasteiger charge is -2.45. The topological polar surface area (TPSA) is 35.5 Å². The zero-order chi connectivity index (χ0) is 29.7. The van der Waals surface area contributed by atoms with Gasteiger partial charge in [-0.2, -0.15) is 0 Å². The van der Waals surface area contributed by atoms with E-state index in [2.05, 4.69) is 110 Å². The highest BCUT2D eigenvalue weighted by atomic mass is 32.2. The monoisotopic (exact) mass is 563 g/mol. The number of hydrogen-bond acceptors (Lipinski definition) is 3. The van der Waals surface area contributed by atoms with Gasteiger partial charge in [0.25, 0.3) is 0 Å². The highest BCUT2D eigenvalue weighted by molar-refractivity contribution is 7.97. The van der Waals surface area contributed by atoms with Crippen molar-refractivity contribution < 1.29 is 14.3 Å². The molecule has 1 aromatic rings. The fourth-order valence-corrected chi connectivity index (χ4v) is 7.20. The van der Waals surface area contributed by atoms with Gasteiger partial charge in [0.2, 0.25) is 0 Å². The van der Waals surface area contributed by atoms with Crippen LogP contribution in [0.5, 0.6) is 5.75 Å². The maximum Gasteiger partial charge on any atom is 0.344 e. The minimum atomic E-state index is -0.495. The minimum absolute atomic E-state index is 0.00674. The molecule has 0 saturated heterocycles. The van der Waals surface area contributed by atoms with E-state index in [0.717, 1.165) is 47.6 Å². The van der Waals surface area contributed by atoms with E-state index in [1.807, 2.05) is 12.2 Å². The molecule has 0 amide bonds. The Morgan fingerprint density at radius 2 is 1.70 bits per heavy atom. The number of hydrogen-bond donors (Lipinski definition) is 0. The molecular weight excluding hydrogens is 512 g/mol. The van der Waals surface area contributed by atoms with Gasteiger partial charge in [0.05, 0.1) is 0 Å². The van der Waals surface area contributed by atoms with Crippen molar-refractivity contribution in [1.82, 2.24) is 0 Å². The van der Waals surface area contributed by atoms with Gasteiger partial charge in [-0.3, -0.25) is 0 Å². The van der Waals surface area contributed by atoms with Crippen LogP contribution in [0.25, 0.3) is 0 Å². The molecule has 2 rings (SSSR count). The molecule has 218 valence electrons. The van der Waals surface area contributed by atoms with Crippen molar-refractivity contribution >= 4 is 16.9 Å². The molecule has 40 heavy (non-hydrogen) atoms. The van der Waals surface area contributed by atoms with E-state index >= 15 is 0 Å². The number of carbonyl (C=O) groups excluding carboxylic acids is 1. The van der Waals surface area contributed by atoms with Crippen LogP contribution in [0.2, 0.25) is 0 Å². The molecule has 1 aliphatic rings. The number of benzene rings is 1. The Hall–Kier alpha value is -2.72. The maximum atomic E-state index is 13.0. The molecule has 0 radical (unpaired) electrons. The Bertz CT molecular complexity index is 1100. The van der Waals surface area contributed by atoms with Gasteiger partial charge in [-0.05, 0) is 87.3 Å². The molecule has 1 fully saturated rings. The summed E-state index contributed by atoms with van der Waals surface area (Å²) in [5.41, 5.74) is 2.84. The third-order valence-electron chi connectivity index (χ3n) is 7.68. The second kappa shape index (κ2) is 16.5. The lowest BCUT2D eigenvalue weighted by molar-refractivity contribution is -0.176. The summed E-state index contributed by atoms with van der Waals surface area (Å²) in [5.74, 6) is 3.44. The van der Waals surface area contributed by atoms with E-state index in [9.17, 15) is 4.79 Å². The molecule has 4 unspecified atom stereocenters. The standard InChI is InChI=1S/C36H51O3S/c1-10-12-13-14-17-20-40(21-18-15-16-19-27(3)4)33-24-29(6)35(30(7)25-33)38-26-34(37)39-36(9)31(8)22-28(5)23-32(36)11-2/h10,12-19,24-25,27,31-32H,1,5,11,20-23,26H2,2-4,6-9H3/q+1/b13-12-,17-14-,18-15-,19-16-. The zero-order valence-corrected chi connectivity index (χ0v) is 26.7. The fourth-order valence-electron chi connectivity index (χ4n) is 5.31. The molecule has 0 spiro atoms. The number of carbonyl (C=O) groups is 1. The summed E-state index contributed by atoms with van der Waals surface area (Å²) in [7, 11) is 0.00674. The highest BCUT2D eigenvalue weighted by Crippen LogP contribution is 2.44. The SMILES string of the molecule is C=C/C=C\C=C/C[S+](C/C=C\C=C/C(C)C)c1cc(C)c(OCC(=O)OC2(C)C(C)CC(=C)CC2CC)c(C)c1. The predicted octanol–water partition coefficient (Wildman–Crippen LogP) is 9.04. The van der Waals surface area contributed by atoms with Crippen molar-refractivity contribution in [2.24, 2.45) is 17.8 Å². The van der Waals surface area contributed by atoms with E-state index in [-0.39, 0.29) is 35.3 Å². The van der Waals surface area contributed by atoms with Gasteiger partial charge in [-0.25, -0.2) is 4.79 Å². The quantitative estimate of drug-likeness (QED) is 0.0980. The van der Waals surface area contributed by atoms with E-state index < -0.39 is 5.60 Å². The lowest BCUT2D eigenvalue weighted by Crippen LogP contribution is -2.48. The Labute approximate surface area is 247 Å². The molecular formula is C36H51O3S+. The van der Waals surface area contributed by atoms with Crippen LogP contribution in [0, 0.1) is 31.6 Å². The molecule has 0 aromatic heterocycles. The number of ether oxygens (including phenoxy) is 2. The zero-order valence-electron chi connectivity index (χ0n) is 25.9. The van der Waals surface area contributed by atoms with Crippen molar-refractivity contribution in [1.29, 1.82) is 0 Å². The van der Waals surface area contributed by atoms with Gasteiger partial charge in [0.1, 0.15) is 22.9 Å². The molecule has 1 aliphatic carbocycles. The summed E-state index contributed by atoms with van der Waals surface area (Å²) in [5, 5.41) is 0. The van der Waals surface area contributed by atoms with Gasteiger partial charge in [0, 0.05) is 16.8 Å². The first kappa shape index (κ1) is 33.5. The van der Waals surface area contributed by atoms with Crippen LogP contribution in [-0.2, 0) is 20.4 Å². The molecule has 0 aliphatic heterocycles. The van der Waals surface area contributed by atoms with Gasteiger partial charge in [0.15, 0.2) is 11.5 Å². The maximum absolute atomic E-state index is 13.0. The van der Waals surface area contributed by atoms with Crippen molar-refractivity contribution in [2.75, 3.05) is 18.1 Å². The first-order chi connectivity index (χ1) is 19.0. The number of esters is 1. The Balaban J connectivity index is 2.15. The number of rotatable bonds is 14. The summed E-state index contributed by atoms with van der Waals surface area (Å²) >= 11 is 0. The summed E-state index contributed by atoms with van der Waals surface area (Å²) in [6, 6.07) is 4.43. The molecule has 3 nitrogen and oxygen atoms in total. The number of aryl methyl sites for hydroxylation is 2. The normalized spacial score (nSPS) is 22.6. The largest absolute Gasteiger partial charge is 0.481 e. The minimum Gasteiger partial charge on any atom is -0.481 e. The van der Waals surface area contributed by atoms with Crippen LogP contribution in [0.3, 0.4) is 0 Å². The third-order valence-corrected chi connectivity index (χ3v) is 9.77. The molecule has 1 aromatic carbocycles. The van der Waals surface area contributed by atoms with E-state index in [1.165, 1.54) is 10.5 Å². The summed E-state index contributed by atoms with van der Waals surface area (Å²) in [6.07, 6.45) is 21.5. The van der Waals surface area contributed by atoms with Crippen LogP contribution in [0.15, 0.2) is 90.4 Å². The number of allylic oxidation sites excluding steroid dienone is 8. The van der Waals surface area contributed by atoms with E-state index in [0.29, 0.717) is 5.92 Å². The third kappa shape index (κ3) is 10.0. The van der Waals surface area contributed by atoms with Gasteiger partial charge < -0.3 is 9.47 Å². The fraction of sp³-hybridized carbons (Fsp3) is 0.472. The second-order valence-electron chi connectivity index (χ2n) is 11.4. The van der Waals surface area contributed by atoms with Crippen LogP contribution in [-0.4, -0.2) is 29.7 Å². The van der Waals surface area contributed by atoms with Crippen LogP contribution < -0.4 is 4.74 Å². The first-order valence-electron chi connectivity index (χ1n) is 14.6. The van der Waals surface area contributed by atoms with Gasteiger partial charge >= 0.3 is 5.97 Å². The molecule has 0 heterocycles. The first-order valence-corrected chi connectivity index (χ1v) is 16.2. The Kier molecular flexibility index (Phi) is 13.8. The van der Waals surface area contributed by atoms with E-state index in [1.54, 1.807) is 6.08 Å². The Morgan fingerprint density at radius 1 is 1.07 bits per heavy atom. The van der Waals surface area contributed by atoms with Crippen LogP contribution in [0.1, 0.15) is 65.0 Å².